The normalized spacial score (nSPS) is 19.0. The number of nitrogens with one attached hydrogen (secondary N) is 1. The molecule has 1 aliphatic carbocycles. The van der Waals surface area contributed by atoms with Gasteiger partial charge in [-0.25, -0.2) is 0 Å². The highest BCUT2D eigenvalue weighted by Crippen LogP contribution is 2.37. The highest BCUT2D eigenvalue weighted by molar-refractivity contribution is 5.95. The lowest BCUT2D eigenvalue weighted by atomic mass is 10.0. The summed E-state index contributed by atoms with van der Waals surface area (Å²) in [6.07, 6.45) is 1.08. The quantitative estimate of drug-likeness (QED) is 0.820. The number of ether oxygens (including phenoxy) is 1. The summed E-state index contributed by atoms with van der Waals surface area (Å²) in [7, 11) is 0. The number of nitrogens with zero attached hydrogens (tertiary/aromatic N) is 2. The molecule has 2 aliphatic heterocycles. The molecule has 2 fully saturated rings. The molecule has 1 saturated carbocycles. The van der Waals surface area contributed by atoms with Crippen molar-refractivity contribution < 1.29 is 19.4 Å². The lowest BCUT2D eigenvalue weighted by molar-refractivity contribution is -0.143. The van der Waals surface area contributed by atoms with Crippen LogP contribution in [-0.2, 0) is 4.79 Å². The highest BCUT2D eigenvalue weighted by atomic mass is 16.5. The van der Waals surface area contributed by atoms with Crippen LogP contribution in [0.5, 0.6) is 5.75 Å². The number of carbonyl (C=O) groups excluding carboxylic acids is 2. The first-order valence-electron chi connectivity index (χ1n) is 10.1. The maximum absolute atomic E-state index is 12.9. The van der Waals surface area contributed by atoms with Crippen molar-refractivity contribution in [3.05, 3.63) is 60.5 Å². The molecule has 2 aromatic rings. The Balaban J connectivity index is 1.24. The van der Waals surface area contributed by atoms with Gasteiger partial charge in [-0.15, -0.1) is 0 Å². The van der Waals surface area contributed by atoms with Gasteiger partial charge in [-0.1, -0.05) is 18.2 Å². The summed E-state index contributed by atoms with van der Waals surface area (Å²) in [5.41, 5.74) is 2.35. The van der Waals surface area contributed by atoms with Crippen molar-refractivity contribution in [1.29, 1.82) is 0 Å². The molecule has 154 valence electrons. The van der Waals surface area contributed by atoms with Crippen LogP contribution in [-0.4, -0.2) is 58.5 Å². The number of hydrogen-bond acceptors (Lipinski definition) is 5. The fourth-order valence-electron chi connectivity index (χ4n) is 3.93. The molecule has 0 aromatic heterocycles. The lowest BCUT2D eigenvalue weighted by Crippen LogP contribution is -2.53. The van der Waals surface area contributed by atoms with Crippen molar-refractivity contribution in [1.82, 2.24) is 9.80 Å². The fourth-order valence-corrected chi connectivity index (χ4v) is 3.93. The molecule has 3 aliphatic rings. The van der Waals surface area contributed by atoms with E-state index in [1.807, 2.05) is 42.5 Å². The second-order valence-corrected chi connectivity index (χ2v) is 8.05. The predicted octanol–water partition coefficient (Wildman–Crippen LogP) is 2.44. The Morgan fingerprint density at radius 3 is 2.27 bits per heavy atom. The Morgan fingerprint density at radius 2 is 1.60 bits per heavy atom. The van der Waals surface area contributed by atoms with Crippen LogP contribution in [0.15, 0.2) is 54.9 Å². The van der Waals surface area contributed by atoms with Gasteiger partial charge in [-0.3, -0.25) is 9.59 Å². The zero-order valence-electron chi connectivity index (χ0n) is 16.6. The van der Waals surface area contributed by atoms with Crippen LogP contribution in [0, 0.1) is 0 Å². The van der Waals surface area contributed by atoms with E-state index in [4.69, 9.17) is 4.74 Å². The van der Waals surface area contributed by atoms with E-state index in [1.165, 1.54) is 0 Å². The summed E-state index contributed by atoms with van der Waals surface area (Å²) in [5, 5.41) is 13.1. The van der Waals surface area contributed by atoms with Gasteiger partial charge in [0.2, 0.25) is 0 Å². The van der Waals surface area contributed by atoms with Crippen LogP contribution < -0.4 is 10.1 Å². The summed E-state index contributed by atoms with van der Waals surface area (Å²) in [6.45, 7) is 5.63. The van der Waals surface area contributed by atoms with Crippen molar-refractivity contribution >= 4 is 17.5 Å². The molecule has 30 heavy (non-hydrogen) atoms. The number of benzene rings is 2. The third-order valence-electron chi connectivity index (χ3n) is 5.93. The van der Waals surface area contributed by atoms with Crippen LogP contribution in [0.1, 0.15) is 23.2 Å². The third kappa shape index (κ3) is 3.31. The van der Waals surface area contributed by atoms with Crippen molar-refractivity contribution in [3.63, 3.8) is 0 Å². The number of fused-ring (bicyclic) bond motifs is 1. The van der Waals surface area contributed by atoms with Gasteiger partial charge in [0.05, 0.1) is 5.69 Å². The number of aliphatic hydroxyl groups is 1. The van der Waals surface area contributed by atoms with Crippen LogP contribution >= 0.6 is 0 Å². The summed E-state index contributed by atoms with van der Waals surface area (Å²) in [5.74, 6) is 1.00. The van der Waals surface area contributed by atoms with Gasteiger partial charge in [0, 0.05) is 31.7 Å². The van der Waals surface area contributed by atoms with E-state index >= 15 is 0 Å². The minimum absolute atomic E-state index is 0.0448. The average molecular weight is 405 g/mol. The first-order chi connectivity index (χ1) is 14.4. The molecule has 0 atom stereocenters. The minimum Gasteiger partial charge on any atom is -0.439 e. The van der Waals surface area contributed by atoms with E-state index in [9.17, 15) is 14.7 Å². The van der Waals surface area contributed by atoms with Gasteiger partial charge in [0.25, 0.3) is 11.8 Å². The van der Waals surface area contributed by atoms with Crippen molar-refractivity contribution in [2.45, 2.75) is 18.4 Å². The van der Waals surface area contributed by atoms with Crippen LogP contribution in [0.4, 0.5) is 5.69 Å². The highest BCUT2D eigenvalue weighted by Gasteiger charge is 2.50. The van der Waals surface area contributed by atoms with Gasteiger partial charge < -0.3 is 25.0 Å². The number of piperazine rings is 1. The van der Waals surface area contributed by atoms with Gasteiger partial charge in [0.15, 0.2) is 11.6 Å². The monoisotopic (exact) mass is 405 g/mol. The van der Waals surface area contributed by atoms with Gasteiger partial charge in [-0.05, 0) is 54.8 Å². The summed E-state index contributed by atoms with van der Waals surface area (Å²) >= 11 is 0. The molecule has 2 heterocycles. The standard InChI is InChI=1S/C23H23N3O4/c1-15-24-19-7-6-18(14-20(19)30-15)16-2-4-17(5-3-16)21(27)25-10-12-26(13-11-25)22(28)23(29)8-9-23/h2-7,14,24,29H,1,8-13H2. The average Bonchev–Trinajstić information content (AvgIpc) is 3.41. The second-order valence-electron chi connectivity index (χ2n) is 8.05. The molecule has 7 heteroatoms. The van der Waals surface area contributed by atoms with Crippen molar-refractivity contribution in [3.8, 4) is 16.9 Å². The van der Waals surface area contributed by atoms with Crippen molar-refractivity contribution in [2.24, 2.45) is 0 Å². The Kier molecular flexibility index (Phi) is 4.29. The summed E-state index contributed by atoms with van der Waals surface area (Å²) < 4.78 is 5.55. The number of rotatable bonds is 3. The summed E-state index contributed by atoms with van der Waals surface area (Å²) in [6, 6.07) is 13.4. The number of amides is 2. The predicted molar refractivity (Wildman–Crippen MR) is 112 cm³/mol. The molecule has 0 unspecified atom stereocenters. The molecule has 2 amide bonds. The number of anilines is 1. The Morgan fingerprint density at radius 1 is 0.967 bits per heavy atom. The molecule has 2 aromatic carbocycles. The van der Waals surface area contributed by atoms with Crippen molar-refractivity contribution in [2.75, 3.05) is 31.5 Å². The smallest absolute Gasteiger partial charge is 0.254 e. The van der Waals surface area contributed by atoms with E-state index in [-0.39, 0.29) is 11.8 Å². The van der Waals surface area contributed by atoms with Gasteiger partial charge in [-0.2, -0.15) is 0 Å². The Hall–Kier alpha value is -3.32. The van der Waals surface area contributed by atoms with E-state index in [2.05, 4.69) is 11.9 Å². The zero-order valence-corrected chi connectivity index (χ0v) is 16.6. The molecule has 0 radical (unpaired) electrons. The molecule has 5 rings (SSSR count). The van der Waals surface area contributed by atoms with Gasteiger partial charge in [0.1, 0.15) is 5.60 Å². The van der Waals surface area contributed by atoms with Gasteiger partial charge >= 0.3 is 0 Å². The minimum atomic E-state index is -1.14. The SMILES string of the molecule is C=C1Nc2ccc(-c3ccc(C(=O)N4CCN(C(=O)C5(O)CC5)CC4)cc3)cc2O1. The second kappa shape index (κ2) is 6.88. The topological polar surface area (TPSA) is 82.1 Å². The first-order valence-corrected chi connectivity index (χ1v) is 10.1. The molecular weight excluding hydrogens is 382 g/mol. The van der Waals surface area contributed by atoms with E-state index in [0.717, 1.165) is 22.6 Å². The maximum Gasteiger partial charge on any atom is 0.254 e. The molecular formula is C23H23N3O4. The third-order valence-corrected chi connectivity index (χ3v) is 5.93. The van der Waals surface area contributed by atoms with E-state index < -0.39 is 5.60 Å². The Bertz CT molecular complexity index is 1030. The zero-order chi connectivity index (χ0) is 20.9. The molecule has 7 nitrogen and oxygen atoms in total. The molecule has 0 spiro atoms. The van der Waals surface area contributed by atoms with E-state index in [1.54, 1.807) is 9.80 Å². The van der Waals surface area contributed by atoms with Crippen LogP contribution in [0.3, 0.4) is 0 Å². The molecule has 0 bridgehead atoms. The molecule has 1 saturated heterocycles. The number of hydrogen-bond donors (Lipinski definition) is 2. The molecule has 2 N–H and O–H groups in total. The Labute approximate surface area is 174 Å². The van der Waals surface area contributed by atoms with E-state index in [0.29, 0.717) is 50.5 Å². The first kappa shape index (κ1) is 18.7. The lowest BCUT2D eigenvalue weighted by Gasteiger charge is -2.35. The van der Waals surface area contributed by atoms with Crippen LogP contribution in [0.25, 0.3) is 11.1 Å². The van der Waals surface area contributed by atoms with Crippen LogP contribution in [0.2, 0.25) is 0 Å². The summed E-state index contributed by atoms with van der Waals surface area (Å²) in [4.78, 5) is 28.5. The maximum atomic E-state index is 12.9. The largest absolute Gasteiger partial charge is 0.439 e. The number of carbonyl (C=O) groups is 2. The fraction of sp³-hybridized carbons (Fsp3) is 0.304.